The van der Waals surface area contributed by atoms with Crippen LogP contribution in [0.5, 0.6) is 0 Å². The number of anilines is 3. The van der Waals surface area contributed by atoms with Gasteiger partial charge in [-0.25, -0.2) is 0 Å². The number of nitrogens with zero attached hydrogens (tertiary/aromatic N) is 1. The number of para-hydroxylation sites is 2. The lowest BCUT2D eigenvalue weighted by Crippen LogP contribution is -2.11. The molecule has 2 heteroatoms. The maximum Gasteiger partial charge on any atom is 0.136 e. The van der Waals surface area contributed by atoms with Gasteiger partial charge in [0.2, 0.25) is 0 Å². The molecule has 0 fully saturated rings. The molecule has 0 radical (unpaired) electrons. The van der Waals surface area contributed by atoms with Gasteiger partial charge in [0.25, 0.3) is 0 Å². The van der Waals surface area contributed by atoms with Gasteiger partial charge in [0.1, 0.15) is 11.2 Å². The van der Waals surface area contributed by atoms with Crippen molar-refractivity contribution in [3.63, 3.8) is 0 Å². The first-order valence-corrected chi connectivity index (χ1v) is 22.6. The third-order valence-electron chi connectivity index (χ3n) is 12.9. The van der Waals surface area contributed by atoms with Gasteiger partial charge in [-0.15, -0.1) is 0 Å². The van der Waals surface area contributed by atoms with Crippen LogP contribution in [-0.2, 0) is 0 Å². The van der Waals surface area contributed by atoms with Gasteiger partial charge >= 0.3 is 0 Å². The molecule has 0 atom stereocenters. The Morgan fingerprint density at radius 3 is 1.30 bits per heavy atom. The molecule has 11 aromatic carbocycles. The molecule has 0 aliphatic heterocycles. The van der Waals surface area contributed by atoms with E-state index in [0.29, 0.717) is 0 Å². The van der Waals surface area contributed by atoms with Gasteiger partial charge in [0.05, 0.1) is 5.69 Å². The zero-order chi connectivity index (χ0) is 43.8. The van der Waals surface area contributed by atoms with E-state index in [9.17, 15) is 0 Å². The van der Waals surface area contributed by atoms with Gasteiger partial charge in [-0.2, -0.15) is 0 Å². The number of rotatable bonds is 9. The van der Waals surface area contributed by atoms with Crippen molar-refractivity contribution in [1.29, 1.82) is 0 Å². The predicted molar refractivity (Wildman–Crippen MR) is 279 cm³/mol. The summed E-state index contributed by atoms with van der Waals surface area (Å²) in [6.45, 7) is 0. The van der Waals surface area contributed by atoms with E-state index >= 15 is 0 Å². The highest BCUT2D eigenvalue weighted by Crippen LogP contribution is 2.45. The van der Waals surface area contributed by atoms with E-state index in [0.717, 1.165) is 72.4 Å². The number of hydrogen-bond donors (Lipinski definition) is 0. The first-order valence-electron chi connectivity index (χ1n) is 22.6. The number of furan rings is 1. The molecule has 1 heterocycles. The fourth-order valence-electron chi connectivity index (χ4n) is 9.63. The van der Waals surface area contributed by atoms with E-state index in [4.69, 9.17) is 4.42 Å². The number of benzene rings is 11. The van der Waals surface area contributed by atoms with Crippen LogP contribution in [0.1, 0.15) is 0 Å². The molecule has 12 aromatic rings. The Balaban J connectivity index is 0.979. The molecular weight excluding hydrogens is 799 g/mol. The van der Waals surface area contributed by atoms with Crippen LogP contribution in [0.15, 0.2) is 265 Å². The van der Waals surface area contributed by atoms with Crippen molar-refractivity contribution in [3.8, 4) is 66.8 Å². The summed E-state index contributed by atoms with van der Waals surface area (Å²) in [4.78, 5) is 2.39. The summed E-state index contributed by atoms with van der Waals surface area (Å²) in [6.07, 6.45) is 0. The van der Waals surface area contributed by atoms with E-state index in [1.54, 1.807) is 0 Å². The Bertz CT molecular complexity index is 3670. The smallest absolute Gasteiger partial charge is 0.136 e. The zero-order valence-corrected chi connectivity index (χ0v) is 36.2. The maximum absolute atomic E-state index is 6.61. The van der Waals surface area contributed by atoms with Gasteiger partial charge < -0.3 is 9.32 Å². The first-order chi connectivity index (χ1) is 32.7. The molecule has 0 unspecified atom stereocenters. The standard InChI is InChI=1S/C64H43NO/c1-4-16-44(17-5-1)47-30-35-54(36-31-47)65(61-28-12-10-26-56(61)52-24-14-22-49(40-52)45-18-6-2-7-19-45)55-37-32-48(33-38-55)51-34-39-57-59(53-25-15-23-50(41-53)46-20-8-3-9-21-46)43-63-64(60(57)42-51)58-27-11-13-29-62(58)66-63/h1-43H. The monoisotopic (exact) mass is 841 g/mol. The van der Waals surface area contributed by atoms with Crippen molar-refractivity contribution in [2.24, 2.45) is 0 Å². The van der Waals surface area contributed by atoms with E-state index in [-0.39, 0.29) is 0 Å². The Labute approximate surface area is 384 Å². The first kappa shape index (κ1) is 38.9. The van der Waals surface area contributed by atoms with Gasteiger partial charge in [-0.05, 0) is 133 Å². The van der Waals surface area contributed by atoms with E-state index < -0.39 is 0 Å². The molecule has 0 spiro atoms. The summed E-state index contributed by atoms with van der Waals surface area (Å²) in [6, 6.07) is 93.8. The summed E-state index contributed by atoms with van der Waals surface area (Å²) >= 11 is 0. The van der Waals surface area contributed by atoms with Crippen LogP contribution >= 0.6 is 0 Å². The predicted octanol–water partition coefficient (Wildman–Crippen LogP) is 18.2. The van der Waals surface area contributed by atoms with Crippen LogP contribution in [0.4, 0.5) is 17.1 Å². The van der Waals surface area contributed by atoms with Crippen molar-refractivity contribution in [1.82, 2.24) is 0 Å². The van der Waals surface area contributed by atoms with Gasteiger partial charge in [0, 0.05) is 27.7 Å². The average molecular weight is 842 g/mol. The van der Waals surface area contributed by atoms with Gasteiger partial charge in [0.15, 0.2) is 0 Å². The van der Waals surface area contributed by atoms with Crippen LogP contribution in [0.3, 0.4) is 0 Å². The topological polar surface area (TPSA) is 16.4 Å². The second-order valence-electron chi connectivity index (χ2n) is 16.9. The molecule has 0 N–H and O–H groups in total. The lowest BCUT2D eigenvalue weighted by atomic mass is 9.91. The molecule has 0 aliphatic carbocycles. The molecule has 12 rings (SSSR count). The van der Waals surface area contributed by atoms with Crippen molar-refractivity contribution >= 4 is 49.8 Å². The Morgan fingerprint density at radius 1 is 0.242 bits per heavy atom. The summed E-state index contributed by atoms with van der Waals surface area (Å²) in [5.41, 5.74) is 19.1. The normalized spacial score (nSPS) is 11.3. The minimum absolute atomic E-state index is 0.887. The van der Waals surface area contributed by atoms with Crippen LogP contribution in [-0.4, -0.2) is 0 Å². The molecule has 310 valence electrons. The SMILES string of the molecule is c1ccc(-c2ccc(N(c3ccc(-c4ccc5c(-c6cccc(-c7ccccc7)c6)cc6oc7ccccc7c6c5c4)cc3)c3ccccc3-c3cccc(-c4ccccc4)c3)cc2)cc1. The summed E-state index contributed by atoms with van der Waals surface area (Å²) in [5.74, 6) is 0. The second kappa shape index (κ2) is 16.8. The van der Waals surface area contributed by atoms with Gasteiger partial charge in [-0.1, -0.05) is 200 Å². The molecule has 0 saturated heterocycles. The Hall–Kier alpha value is -8.72. The van der Waals surface area contributed by atoms with Crippen molar-refractivity contribution in [2.45, 2.75) is 0 Å². The summed E-state index contributed by atoms with van der Waals surface area (Å²) in [5, 5.41) is 4.63. The molecule has 1 aromatic heterocycles. The van der Waals surface area contributed by atoms with Crippen LogP contribution in [0, 0.1) is 0 Å². The molecular formula is C64H43NO. The molecule has 0 bridgehead atoms. The van der Waals surface area contributed by atoms with Crippen LogP contribution < -0.4 is 4.90 Å². The van der Waals surface area contributed by atoms with Crippen LogP contribution in [0.25, 0.3) is 99.5 Å². The van der Waals surface area contributed by atoms with E-state index in [2.05, 4.69) is 260 Å². The molecule has 0 aliphatic rings. The highest BCUT2D eigenvalue weighted by Gasteiger charge is 2.20. The van der Waals surface area contributed by atoms with Crippen molar-refractivity contribution in [2.75, 3.05) is 4.90 Å². The third kappa shape index (κ3) is 7.21. The highest BCUT2D eigenvalue weighted by molar-refractivity contribution is 6.22. The molecule has 66 heavy (non-hydrogen) atoms. The average Bonchev–Trinajstić information content (AvgIpc) is 3.79. The minimum Gasteiger partial charge on any atom is -0.456 e. The summed E-state index contributed by atoms with van der Waals surface area (Å²) < 4.78 is 6.61. The zero-order valence-electron chi connectivity index (χ0n) is 36.2. The maximum atomic E-state index is 6.61. The number of fused-ring (bicyclic) bond motifs is 5. The third-order valence-corrected chi connectivity index (χ3v) is 12.9. The van der Waals surface area contributed by atoms with E-state index in [1.165, 1.54) is 44.2 Å². The second-order valence-corrected chi connectivity index (χ2v) is 16.9. The Kier molecular flexibility index (Phi) is 9.89. The van der Waals surface area contributed by atoms with Crippen molar-refractivity contribution < 1.29 is 4.42 Å². The quantitative estimate of drug-likeness (QED) is 0.144. The largest absolute Gasteiger partial charge is 0.456 e. The highest BCUT2D eigenvalue weighted by atomic mass is 16.3. The molecule has 0 amide bonds. The van der Waals surface area contributed by atoms with Crippen LogP contribution in [0.2, 0.25) is 0 Å². The lowest BCUT2D eigenvalue weighted by molar-refractivity contribution is 0.669. The summed E-state index contributed by atoms with van der Waals surface area (Å²) in [7, 11) is 0. The minimum atomic E-state index is 0.887. The molecule has 2 nitrogen and oxygen atoms in total. The fraction of sp³-hybridized carbons (Fsp3) is 0. The van der Waals surface area contributed by atoms with E-state index in [1.807, 2.05) is 6.07 Å². The molecule has 0 saturated carbocycles. The Morgan fingerprint density at radius 2 is 0.682 bits per heavy atom. The number of hydrogen-bond acceptors (Lipinski definition) is 2. The lowest BCUT2D eigenvalue weighted by Gasteiger charge is -2.28. The fourth-order valence-corrected chi connectivity index (χ4v) is 9.63. The van der Waals surface area contributed by atoms with Crippen molar-refractivity contribution in [3.05, 3.63) is 261 Å². The van der Waals surface area contributed by atoms with Gasteiger partial charge in [-0.3, -0.25) is 0 Å².